The summed E-state index contributed by atoms with van der Waals surface area (Å²) in [6.07, 6.45) is 0. The zero-order valence-corrected chi connectivity index (χ0v) is 29.5. The second-order valence-corrected chi connectivity index (χ2v) is 13.7. The summed E-state index contributed by atoms with van der Waals surface area (Å²) in [5.41, 5.74) is 12.0. The zero-order chi connectivity index (χ0) is 35.8. The first-order valence-corrected chi connectivity index (χ1v) is 18.4. The van der Waals surface area contributed by atoms with Crippen LogP contribution in [-0.4, -0.2) is 9.97 Å². The number of aromatic nitrogens is 2. The van der Waals surface area contributed by atoms with Crippen molar-refractivity contribution in [3.63, 3.8) is 0 Å². The molecule has 252 valence electrons. The van der Waals surface area contributed by atoms with Crippen LogP contribution in [-0.2, 0) is 0 Å². The Morgan fingerprint density at radius 3 is 1.46 bits per heavy atom. The predicted molar refractivity (Wildman–Crippen MR) is 227 cm³/mol. The molecule has 10 rings (SSSR count). The van der Waals surface area contributed by atoms with Gasteiger partial charge in [0.15, 0.2) is 5.82 Å². The van der Waals surface area contributed by atoms with Crippen molar-refractivity contribution in [3.05, 3.63) is 206 Å². The van der Waals surface area contributed by atoms with E-state index in [2.05, 4.69) is 200 Å². The molecule has 0 unspecified atom stereocenters. The van der Waals surface area contributed by atoms with Crippen LogP contribution in [0.25, 0.3) is 99.6 Å². The highest BCUT2D eigenvalue weighted by atomic mass is 14.9. The van der Waals surface area contributed by atoms with Crippen molar-refractivity contribution in [2.24, 2.45) is 0 Å². The van der Waals surface area contributed by atoms with Crippen molar-refractivity contribution in [1.29, 1.82) is 0 Å². The molecule has 2 nitrogen and oxygen atoms in total. The lowest BCUT2D eigenvalue weighted by Crippen LogP contribution is -1.98. The third-order valence-electron chi connectivity index (χ3n) is 10.5. The maximum atomic E-state index is 5.42. The fourth-order valence-electron chi connectivity index (χ4n) is 8.00. The molecule has 0 saturated heterocycles. The second kappa shape index (κ2) is 13.4. The normalized spacial score (nSPS) is 11.3. The van der Waals surface area contributed by atoms with Gasteiger partial charge in [0.25, 0.3) is 0 Å². The van der Waals surface area contributed by atoms with Crippen LogP contribution < -0.4 is 0 Å². The molecule has 0 spiro atoms. The zero-order valence-electron chi connectivity index (χ0n) is 29.5. The minimum Gasteiger partial charge on any atom is -0.228 e. The molecule has 0 fully saturated rings. The van der Waals surface area contributed by atoms with Crippen LogP contribution in [0.15, 0.2) is 206 Å². The van der Waals surface area contributed by atoms with E-state index >= 15 is 0 Å². The fourth-order valence-corrected chi connectivity index (χ4v) is 8.00. The van der Waals surface area contributed by atoms with E-state index in [1.54, 1.807) is 0 Å². The number of benzene rings is 9. The van der Waals surface area contributed by atoms with E-state index in [0.29, 0.717) is 5.82 Å². The van der Waals surface area contributed by atoms with Crippen molar-refractivity contribution < 1.29 is 0 Å². The Hall–Kier alpha value is -7.16. The summed E-state index contributed by atoms with van der Waals surface area (Å²) in [7, 11) is 0. The first-order valence-electron chi connectivity index (χ1n) is 18.4. The molecular formula is C52H34N2. The Morgan fingerprint density at radius 2 is 0.796 bits per heavy atom. The maximum absolute atomic E-state index is 5.42. The smallest absolute Gasteiger partial charge is 0.160 e. The van der Waals surface area contributed by atoms with Gasteiger partial charge in [0.1, 0.15) is 0 Å². The Labute approximate surface area is 314 Å². The summed E-state index contributed by atoms with van der Waals surface area (Å²) in [6.45, 7) is 0. The van der Waals surface area contributed by atoms with Crippen molar-refractivity contribution in [2.75, 3.05) is 0 Å². The van der Waals surface area contributed by atoms with Crippen LogP contribution in [0.4, 0.5) is 0 Å². The molecule has 10 aromatic rings. The quantitative estimate of drug-likeness (QED) is 0.129. The molecule has 54 heavy (non-hydrogen) atoms. The first kappa shape index (κ1) is 31.6. The van der Waals surface area contributed by atoms with Gasteiger partial charge in [-0.05, 0) is 77.8 Å². The lowest BCUT2D eigenvalue weighted by Gasteiger charge is -2.20. The van der Waals surface area contributed by atoms with Crippen LogP contribution in [0, 0.1) is 0 Å². The van der Waals surface area contributed by atoms with Gasteiger partial charge >= 0.3 is 0 Å². The van der Waals surface area contributed by atoms with Crippen molar-refractivity contribution in [1.82, 2.24) is 9.97 Å². The minimum atomic E-state index is 0.696. The van der Waals surface area contributed by atoms with Crippen molar-refractivity contribution >= 4 is 32.3 Å². The molecule has 0 amide bonds. The highest BCUT2D eigenvalue weighted by molar-refractivity contribution is 6.27. The molecular weight excluding hydrogens is 653 g/mol. The predicted octanol–water partition coefficient (Wildman–Crippen LogP) is 13.9. The molecule has 0 bridgehead atoms. The van der Waals surface area contributed by atoms with Gasteiger partial charge in [-0.3, -0.25) is 0 Å². The Bertz CT molecular complexity index is 2960. The number of hydrogen-bond acceptors (Lipinski definition) is 2. The molecule has 0 saturated carbocycles. The van der Waals surface area contributed by atoms with Gasteiger partial charge < -0.3 is 0 Å². The molecule has 0 aliphatic carbocycles. The number of hydrogen-bond donors (Lipinski definition) is 0. The van der Waals surface area contributed by atoms with Gasteiger partial charge in [-0.2, -0.15) is 0 Å². The molecule has 0 aliphatic rings. The van der Waals surface area contributed by atoms with Gasteiger partial charge in [0.05, 0.1) is 11.4 Å². The summed E-state index contributed by atoms with van der Waals surface area (Å²) in [5, 5.41) is 7.19. The summed E-state index contributed by atoms with van der Waals surface area (Å²) in [6, 6.07) is 73.4. The average Bonchev–Trinajstić information content (AvgIpc) is 3.26. The van der Waals surface area contributed by atoms with Gasteiger partial charge in [0, 0.05) is 16.7 Å². The van der Waals surface area contributed by atoms with Crippen LogP contribution >= 0.6 is 0 Å². The number of fused-ring (bicyclic) bond motifs is 4. The van der Waals surface area contributed by atoms with Crippen molar-refractivity contribution in [3.8, 4) is 67.3 Å². The number of nitrogens with zero attached hydrogens (tertiary/aromatic N) is 2. The van der Waals surface area contributed by atoms with E-state index in [1.165, 1.54) is 49.2 Å². The fraction of sp³-hybridized carbons (Fsp3) is 0. The second-order valence-electron chi connectivity index (χ2n) is 13.7. The van der Waals surface area contributed by atoms with Gasteiger partial charge in [0.2, 0.25) is 0 Å². The third-order valence-corrected chi connectivity index (χ3v) is 10.5. The van der Waals surface area contributed by atoms with E-state index in [-0.39, 0.29) is 0 Å². The van der Waals surface area contributed by atoms with E-state index in [0.717, 1.165) is 44.6 Å². The van der Waals surface area contributed by atoms with E-state index < -0.39 is 0 Å². The Kier molecular flexibility index (Phi) is 7.85. The third kappa shape index (κ3) is 5.53. The van der Waals surface area contributed by atoms with Crippen LogP contribution in [0.2, 0.25) is 0 Å². The van der Waals surface area contributed by atoms with Gasteiger partial charge in [-0.25, -0.2) is 9.97 Å². The lowest BCUT2D eigenvalue weighted by atomic mass is 9.85. The molecule has 0 aliphatic heterocycles. The molecule has 0 atom stereocenters. The first-order chi connectivity index (χ1) is 26.8. The van der Waals surface area contributed by atoms with E-state index in [9.17, 15) is 0 Å². The SMILES string of the molecule is c1ccc(-c2nc(-c3ccc(-c4ccccc4)c(-c4ccccc4)c3)cc(-c3c4ccccc4c(-c4ccccc4)c4c3ccc3ccccc34)n2)cc1. The standard InChI is InChI=1S/C52H34N2/c1-5-17-35(18-6-1)41-31-30-40(33-46(41)36-19-7-2-8-20-36)47-34-48(54-52(53-47)39-24-11-4-12-25-39)50-44-28-16-15-27-43(44)49(38-22-9-3-10-23-38)51-42-26-14-13-21-37(42)29-32-45(50)51/h1-34H. The molecule has 0 N–H and O–H groups in total. The van der Waals surface area contributed by atoms with E-state index in [4.69, 9.17) is 9.97 Å². The Balaban J connectivity index is 1.29. The molecule has 1 heterocycles. The average molecular weight is 687 g/mol. The summed E-state index contributed by atoms with van der Waals surface area (Å²) in [4.78, 5) is 10.7. The van der Waals surface area contributed by atoms with Crippen LogP contribution in [0.5, 0.6) is 0 Å². The van der Waals surface area contributed by atoms with Gasteiger partial charge in [-0.15, -0.1) is 0 Å². The summed E-state index contributed by atoms with van der Waals surface area (Å²) < 4.78 is 0. The summed E-state index contributed by atoms with van der Waals surface area (Å²) in [5.74, 6) is 0.696. The van der Waals surface area contributed by atoms with Crippen LogP contribution in [0.1, 0.15) is 0 Å². The molecule has 2 heteroatoms. The highest BCUT2D eigenvalue weighted by Crippen LogP contribution is 2.46. The van der Waals surface area contributed by atoms with Crippen LogP contribution in [0.3, 0.4) is 0 Å². The Morgan fingerprint density at radius 1 is 0.278 bits per heavy atom. The topological polar surface area (TPSA) is 25.8 Å². The van der Waals surface area contributed by atoms with Gasteiger partial charge in [-0.1, -0.05) is 194 Å². The molecule has 1 aromatic heterocycles. The maximum Gasteiger partial charge on any atom is 0.160 e. The van der Waals surface area contributed by atoms with E-state index in [1.807, 2.05) is 6.07 Å². The minimum absolute atomic E-state index is 0.696. The summed E-state index contributed by atoms with van der Waals surface area (Å²) >= 11 is 0. The monoisotopic (exact) mass is 686 g/mol. The van der Waals surface area contributed by atoms with Crippen molar-refractivity contribution in [2.45, 2.75) is 0 Å². The molecule has 0 radical (unpaired) electrons. The highest BCUT2D eigenvalue weighted by Gasteiger charge is 2.21. The largest absolute Gasteiger partial charge is 0.228 e. The lowest BCUT2D eigenvalue weighted by molar-refractivity contribution is 1.19. The molecule has 9 aromatic carbocycles. The number of rotatable bonds is 6.